The van der Waals surface area contributed by atoms with Gasteiger partial charge in [0.25, 0.3) is 5.91 Å². The standard InChI is InChI=1S/C26H22N4O3/c1-16-25(30(32)33)17(2)29(28-16)15-18-7-9-19(10-8-18)26(31)27-22-11-12-24-21(14-22)13-20-5-3-4-6-23(20)24/h3-12,14H,13,15H2,1-2H3,(H,27,31). The first-order valence-electron chi connectivity index (χ1n) is 10.7. The fraction of sp³-hybridized carbons (Fsp3) is 0.154. The molecule has 1 N–H and O–H groups in total. The lowest BCUT2D eigenvalue weighted by Crippen LogP contribution is -2.12. The third kappa shape index (κ3) is 3.78. The topological polar surface area (TPSA) is 90.1 Å². The van der Waals surface area contributed by atoms with Crippen molar-refractivity contribution in [3.8, 4) is 11.1 Å². The molecule has 1 amide bonds. The maximum absolute atomic E-state index is 12.8. The van der Waals surface area contributed by atoms with Crippen molar-refractivity contribution in [1.29, 1.82) is 0 Å². The maximum atomic E-state index is 12.8. The third-order valence-corrected chi connectivity index (χ3v) is 6.13. The van der Waals surface area contributed by atoms with Crippen molar-refractivity contribution >= 4 is 17.3 Å². The Morgan fingerprint density at radius 3 is 2.48 bits per heavy atom. The Hall–Kier alpha value is -4.26. The summed E-state index contributed by atoms with van der Waals surface area (Å²) in [5.74, 6) is -0.182. The minimum atomic E-state index is -0.404. The minimum Gasteiger partial charge on any atom is -0.322 e. The van der Waals surface area contributed by atoms with Crippen LogP contribution in [0.15, 0.2) is 66.7 Å². The lowest BCUT2D eigenvalue weighted by Gasteiger charge is -2.09. The number of hydrogen-bond donors (Lipinski definition) is 1. The summed E-state index contributed by atoms with van der Waals surface area (Å²) in [6.45, 7) is 3.72. The van der Waals surface area contributed by atoms with E-state index >= 15 is 0 Å². The summed E-state index contributed by atoms with van der Waals surface area (Å²) in [5, 5.41) is 18.5. The van der Waals surface area contributed by atoms with Crippen molar-refractivity contribution < 1.29 is 9.72 Å². The summed E-state index contributed by atoms with van der Waals surface area (Å²) in [5.41, 5.74) is 8.16. The summed E-state index contributed by atoms with van der Waals surface area (Å²) in [7, 11) is 0. The number of anilines is 1. The van der Waals surface area contributed by atoms with Crippen LogP contribution in [0.5, 0.6) is 0 Å². The van der Waals surface area contributed by atoms with E-state index in [-0.39, 0.29) is 11.6 Å². The zero-order valence-electron chi connectivity index (χ0n) is 18.3. The highest BCUT2D eigenvalue weighted by Crippen LogP contribution is 2.37. The molecule has 1 heterocycles. The predicted octanol–water partition coefficient (Wildman–Crippen LogP) is 5.28. The molecule has 0 spiro atoms. The monoisotopic (exact) mass is 438 g/mol. The summed E-state index contributed by atoms with van der Waals surface area (Å²) >= 11 is 0. The van der Waals surface area contributed by atoms with Crippen molar-refractivity contribution in [2.75, 3.05) is 5.32 Å². The molecule has 4 aromatic rings. The molecule has 1 aromatic heterocycles. The molecule has 0 unspecified atom stereocenters. The molecule has 1 aliphatic carbocycles. The number of carbonyl (C=O) groups is 1. The zero-order valence-corrected chi connectivity index (χ0v) is 18.3. The highest BCUT2D eigenvalue weighted by molar-refractivity contribution is 6.04. The van der Waals surface area contributed by atoms with Crippen LogP contribution in [0.4, 0.5) is 11.4 Å². The van der Waals surface area contributed by atoms with Crippen molar-refractivity contribution in [2.24, 2.45) is 0 Å². The highest BCUT2D eigenvalue weighted by atomic mass is 16.6. The van der Waals surface area contributed by atoms with Crippen LogP contribution in [-0.2, 0) is 13.0 Å². The van der Waals surface area contributed by atoms with E-state index < -0.39 is 4.92 Å². The number of hydrogen-bond acceptors (Lipinski definition) is 4. The molecule has 164 valence electrons. The number of nitro groups is 1. The Bertz CT molecular complexity index is 1400. The van der Waals surface area contributed by atoms with Gasteiger partial charge in [0.2, 0.25) is 0 Å². The third-order valence-electron chi connectivity index (χ3n) is 6.13. The van der Waals surface area contributed by atoms with Crippen LogP contribution in [0.1, 0.15) is 38.4 Å². The molecule has 7 heteroatoms. The van der Waals surface area contributed by atoms with Crippen molar-refractivity contribution in [2.45, 2.75) is 26.8 Å². The lowest BCUT2D eigenvalue weighted by atomic mass is 10.1. The average molecular weight is 438 g/mol. The number of nitrogens with zero attached hydrogens (tertiary/aromatic N) is 3. The van der Waals surface area contributed by atoms with Crippen LogP contribution >= 0.6 is 0 Å². The van der Waals surface area contributed by atoms with Crippen molar-refractivity contribution in [3.05, 3.63) is 110 Å². The van der Waals surface area contributed by atoms with Gasteiger partial charge in [0.15, 0.2) is 0 Å². The first-order chi connectivity index (χ1) is 15.9. The molecule has 33 heavy (non-hydrogen) atoms. The van der Waals surface area contributed by atoms with E-state index in [1.165, 1.54) is 22.3 Å². The Labute approximate surface area is 190 Å². The molecule has 0 aliphatic heterocycles. The Morgan fingerprint density at radius 1 is 1.03 bits per heavy atom. The van der Waals surface area contributed by atoms with Gasteiger partial charge in [-0.2, -0.15) is 5.10 Å². The molecule has 0 fully saturated rings. The number of amides is 1. The number of aryl methyl sites for hydroxylation is 1. The number of rotatable bonds is 5. The van der Waals surface area contributed by atoms with E-state index in [2.05, 4.69) is 28.6 Å². The Balaban J connectivity index is 1.29. The number of fused-ring (bicyclic) bond motifs is 3. The SMILES string of the molecule is Cc1nn(Cc2ccc(C(=O)Nc3ccc4c(c3)Cc3ccccc3-4)cc2)c(C)c1[N+](=O)[O-]. The number of aromatic nitrogens is 2. The normalized spacial score (nSPS) is 11.7. The molecule has 1 aliphatic rings. The van der Waals surface area contributed by atoms with Gasteiger partial charge in [0, 0.05) is 11.3 Å². The van der Waals surface area contributed by atoms with E-state index in [4.69, 9.17) is 0 Å². The van der Waals surface area contributed by atoms with Gasteiger partial charge in [-0.15, -0.1) is 0 Å². The number of nitrogens with one attached hydrogen (secondary N) is 1. The second-order valence-corrected chi connectivity index (χ2v) is 8.29. The molecule has 3 aromatic carbocycles. The van der Waals surface area contributed by atoms with Crippen LogP contribution in [0.2, 0.25) is 0 Å². The molecular weight excluding hydrogens is 416 g/mol. The minimum absolute atomic E-state index is 0.0449. The summed E-state index contributed by atoms with van der Waals surface area (Å²) in [6.07, 6.45) is 0.869. The summed E-state index contributed by atoms with van der Waals surface area (Å²) < 4.78 is 1.62. The molecular formula is C26H22N4O3. The second kappa shape index (κ2) is 8.02. The van der Waals surface area contributed by atoms with Crippen molar-refractivity contribution in [3.63, 3.8) is 0 Å². The van der Waals surface area contributed by atoms with E-state index in [1.807, 2.05) is 36.4 Å². The van der Waals surface area contributed by atoms with Crippen molar-refractivity contribution in [1.82, 2.24) is 9.78 Å². The quantitative estimate of drug-likeness (QED) is 0.299. The Kier molecular flexibility index (Phi) is 5.01. The van der Waals surface area contributed by atoms with Gasteiger partial charge in [-0.3, -0.25) is 19.6 Å². The van der Waals surface area contributed by atoms with Gasteiger partial charge in [-0.1, -0.05) is 42.5 Å². The first kappa shape index (κ1) is 20.6. The predicted molar refractivity (Wildman–Crippen MR) is 127 cm³/mol. The molecule has 0 radical (unpaired) electrons. The van der Waals surface area contributed by atoms with Gasteiger partial charge >= 0.3 is 5.69 Å². The first-order valence-corrected chi connectivity index (χ1v) is 10.7. The van der Waals surface area contributed by atoms with E-state index in [0.29, 0.717) is 23.5 Å². The lowest BCUT2D eigenvalue weighted by molar-refractivity contribution is -0.386. The number of carbonyl (C=O) groups excluding carboxylic acids is 1. The maximum Gasteiger partial charge on any atom is 0.312 e. The smallest absolute Gasteiger partial charge is 0.312 e. The fourth-order valence-electron chi connectivity index (χ4n) is 4.47. The zero-order chi connectivity index (χ0) is 23.1. The average Bonchev–Trinajstić information content (AvgIpc) is 3.30. The van der Waals surface area contributed by atoms with Gasteiger partial charge < -0.3 is 5.32 Å². The number of benzene rings is 3. The van der Waals surface area contributed by atoms with Gasteiger partial charge in [-0.05, 0) is 72.4 Å². The molecule has 0 bridgehead atoms. The van der Waals surface area contributed by atoms with Gasteiger partial charge in [0.1, 0.15) is 11.4 Å². The van der Waals surface area contributed by atoms with Crippen LogP contribution in [0.25, 0.3) is 11.1 Å². The van der Waals surface area contributed by atoms with Crippen LogP contribution in [0, 0.1) is 24.0 Å². The molecule has 0 atom stereocenters. The second-order valence-electron chi connectivity index (χ2n) is 8.29. The molecule has 5 rings (SSSR count). The molecule has 0 saturated carbocycles. The van der Waals surface area contributed by atoms with E-state index in [9.17, 15) is 14.9 Å². The molecule has 0 saturated heterocycles. The summed E-state index contributed by atoms with van der Waals surface area (Å²) in [4.78, 5) is 23.6. The van der Waals surface area contributed by atoms with Gasteiger partial charge in [0.05, 0.1) is 11.5 Å². The summed E-state index contributed by atoms with van der Waals surface area (Å²) in [6, 6.07) is 21.6. The van der Waals surface area contributed by atoms with E-state index in [0.717, 1.165) is 17.7 Å². The Morgan fingerprint density at radius 2 is 1.76 bits per heavy atom. The van der Waals surface area contributed by atoms with Crippen LogP contribution in [0.3, 0.4) is 0 Å². The largest absolute Gasteiger partial charge is 0.322 e. The molecule has 7 nitrogen and oxygen atoms in total. The van der Waals surface area contributed by atoms with Crippen LogP contribution < -0.4 is 5.32 Å². The van der Waals surface area contributed by atoms with E-state index in [1.54, 1.807) is 30.7 Å². The fourth-order valence-corrected chi connectivity index (χ4v) is 4.47. The highest BCUT2D eigenvalue weighted by Gasteiger charge is 2.22. The van der Waals surface area contributed by atoms with Crippen LogP contribution in [-0.4, -0.2) is 20.6 Å². The van der Waals surface area contributed by atoms with Gasteiger partial charge in [-0.25, -0.2) is 0 Å².